The highest BCUT2D eigenvalue weighted by Crippen LogP contribution is 1.92. The quantitative estimate of drug-likeness (QED) is 0.523. The Balaban J connectivity index is -0.000000221. The van der Waals surface area contributed by atoms with Gasteiger partial charge in [0, 0.05) is 6.61 Å². The normalized spacial score (nSPS) is 13.5. The molecular weight excluding hydrogens is 284 g/mol. The lowest BCUT2D eigenvalue weighted by atomic mass is 10.4. The van der Waals surface area contributed by atoms with Crippen molar-refractivity contribution in [1.82, 2.24) is 0 Å². The minimum Gasteiger partial charge on any atom is -0.479 e. The second-order valence-electron chi connectivity index (χ2n) is 3.67. The minimum absolute atomic E-state index is 0.844. The van der Waals surface area contributed by atoms with Gasteiger partial charge in [0.05, 0.1) is 0 Å². The zero-order valence-electron chi connectivity index (χ0n) is 12.4. The fourth-order valence-electron chi connectivity index (χ4n) is 0.567. The molecule has 20 heavy (non-hydrogen) atoms. The number of aliphatic carboxylic acids is 2. The van der Waals surface area contributed by atoms with Crippen LogP contribution in [0.4, 0.5) is 0 Å². The van der Waals surface area contributed by atoms with Crippen LogP contribution >= 0.6 is 0 Å². The molecule has 0 radical (unpaired) electrons. The molecule has 0 spiro atoms. The van der Waals surface area contributed by atoms with E-state index in [9.17, 15) is 9.59 Å². The van der Waals surface area contributed by atoms with Crippen molar-refractivity contribution in [3.63, 3.8) is 0 Å². The Bertz CT molecular complexity index is 249. The van der Waals surface area contributed by atoms with Gasteiger partial charge in [-0.25, -0.2) is 9.59 Å². The Kier molecular flexibility index (Phi) is 18.9. The lowest BCUT2D eigenvalue weighted by Crippen LogP contribution is -2.13. The molecule has 7 nitrogen and oxygen atoms in total. The SMILES string of the molecule is C=C[SiH](CC)OCC.CC(O)C(=O)O.CC(O)C(=O)O. The van der Waals surface area contributed by atoms with Gasteiger partial charge >= 0.3 is 11.9 Å². The molecule has 0 aliphatic carbocycles. The predicted octanol–water partition coefficient (Wildman–Crippen LogP) is 0.395. The topological polar surface area (TPSA) is 124 Å². The average molecular weight is 310 g/mol. The van der Waals surface area contributed by atoms with Gasteiger partial charge in [-0.15, -0.1) is 6.58 Å². The molecule has 8 heteroatoms. The first-order valence-corrected chi connectivity index (χ1v) is 8.15. The summed E-state index contributed by atoms with van der Waals surface area (Å²) in [6.45, 7) is 11.1. The zero-order valence-corrected chi connectivity index (χ0v) is 13.6. The third kappa shape index (κ3) is 22.0. The van der Waals surface area contributed by atoms with Gasteiger partial charge in [0.1, 0.15) is 12.2 Å². The summed E-state index contributed by atoms with van der Waals surface area (Å²) in [4.78, 5) is 18.9. The Labute approximate surface area is 121 Å². The monoisotopic (exact) mass is 310 g/mol. The number of carboxylic acid groups (broad SMARTS) is 2. The fourth-order valence-corrected chi connectivity index (χ4v) is 1.70. The number of carbonyl (C=O) groups is 2. The molecule has 0 fully saturated rings. The van der Waals surface area contributed by atoms with Gasteiger partial charge in [-0.1, -0.05) is 12.6 Å². The summed E-state index contributed by atoms with van der Waals surface area (Å²) >= 11 is 0. The van der Waals surface area contributed by atoms with E-state index in [1.54, 1.807) is 0 Å². The molecule has 4 N–H and O–H groups in total. The van der Waals surface area contributed by atoms with E-state index in [1.165, 1.54) is 13.8 Å². The number of carboxylic acids is 2. The van der Waals surface area contributed by atoms with Crippen LogP contribution in [0.25, 0.3) is 0 Å². The van der Waals surface area contributed by atoms with Crippen molar-refractivity contribution in [2.75, 3.05) is 6.61 Å². The van der Waals surface area contributed by atoms with E-state index >= 15 is 0 Å². The van der Waals surface area contributed by atoms with Crippen LogP contribution in [0.3, 0.4) is 0 Å². The average Bonchev–Trinajstić information content (AvgIpc) is 2.37. The van der Waals surface area contributed by atoms with Crippen LogP contribution in [0, 0.1) is 0 Å². The van der Waals surface area contributed by atoms with E-state index in [2.05, 4.69) is 13.5 Å². The minimum atomic E-state index is -1.23. The Morgan fingerprint density at radius 3 is 1.50 bits per heavy atom. The maximum Gasteiger partial charge on any atom is 0.332 e. The van der Waals surface area contributed by atoms with Crippen LogP contribution < -0.4 is 0 Å². The van der Waals surface area contributed by atoms with Crippen LogP contribution in [0.2, 0.25) is 6.04 Å². The first-order valence-electron chi connectivity index (χ1n) is 6.19. The van der Waals surface area contributed by atoms with Gasteiger partial charge in [0.15, 0.2) is 9.04 Å². The summed E-state index contributed by atoms with van der Waals surface area (Å²) in [6, 6.07) is 1.16. The van der Waals surface area contributed by atoms with Gasteiger partial charge in [0.2, 0.25) is 0 Å². The van der Waals surface area contributed by atoms with E-state index in [4.69, 9.17) is 24.9 Å². The van der Waals surface area contributed by atoms with E-state index < -0.39 is 33.2 Å². The van der Waals surface area contributed by atoms with Crippen molar-refractivity contribution in [2.24, 2.45) is 0 Å². The molecule has 0 aliphatic rings. The smallest absolute Gasteiger partial charge is 0.332 e. The number of aliphatic hydroxyl groups is 2. The maximum atomic E-state index is 9.45. The number of rotatable bonds is 6. The molecule has 0 aromatic carbocycles. The third-order valence-corrected chi connectivity index (χ3v) is 3.85. The molecule has 0 heterocycles. The van der Waals surface area contributed by atoms with Crippen molar-refractivity contribution < 1.29 is 34.4 Å². The molecule has 0 rings (SSSR count). The highest BCUT2D eigenvalue weighted by atomic mass is 28.3. The molecule has 0 saturated carbocycles. The van der Waals surface area contributed by atoms with Crippen LogP contribution in [-0.4, -0.2) is 60.2 Å². The second-order valence-corrected chi connectivity index (χ2v) is 6.36. The molecule has 0 aromatic rings. The molecule has 0 aromatic heterocycles. The molecule has 0 saturated heterocycles. The molecule has 0 aliphatic heterocycles. The zero-order chi connectivity index (χ0) is 16.7. The van der Waals surface area contributed by atoms with Crippen LogP contribution in [0.1, 0.15) is 27.7 Å². The first kappa shape index (κ1) is 23.8. The Hall–Kier alpha value is -1.22. The Morgan fingerprint density at radius 2 is 1.45 bits per heavy atom. The van der Waals surface area contributed by atoms with E-state index in [-0.39, 0.29) is 0 Å². The van der Waals surface area contributed by atoms with Gasteiger partial charge in [0.25, 0.3) is 0 Å². The van der Waals surface area contributed by atoms with Crippen molar-refractivity contribution in [3.05, 3.63) is 12.3 Å². The molecular formula is C12H26O7Si. The van der Waals surface area contributed by atoms with Crippen LogP contribution in [0.5, 0.6) is 0 Å². The molecule has 3 atom stereocenters. The number of hydrogen-bond acceptors (Lipinski definition) is 5. The van der Waals surface area contributed by atoms with Crippen molar-refractivity contribution in [2.45, 2.75) is 45.9 Å². The standard InChI is InChI=1S/C6H14OSi.2C3H6O3/c1-4-7-8(5-2)6-3;2*1-2(4)3(5)6/h5,8H,2,4,6H2,1,3H3;2*2,4H,1H3,(H,5,6). The number of aliphatic hydroxyl groups excluding tert-OH is 2. The second kappa shape index (κ2) is 15.8. The molecule has 0 amide bonds. The van der Waals surface area contributed by atoms with Crippen molar-refractivity contribution >= 4 is 21.0 Å². The first-order chi connectivity index (χ1) is 9.13. The molecule has 120 valence electrons. The predicted molar refractivity (Wildman–Crippen MR) is 78.1 cm³/mol. The van der Waals surface area contributed by atoms with Crippen molar-refractivity contribution in [3.8, 4) is 0 Å². The van der Waals surface area contributed by atoms with E-state index in [1.807, 2.05) is 12.6 Å². The molecule has 0 bridgehead atoms. The fraction of sp³-hybridized carbons (Fsp3) is 0.667. The van der Waals surface area contributed by atoms with Gasteiger partial charge in [-0.05, 0) is 26.8 Å². The highest BCUT2D eigenvalue weighted by Gasteiger charge is 2.02. The largest absolute Gasteiger partial charge is 0.479 e. The summed E-state index contributed by atoms with van der Waals surface area (Å²) < 4.78 is 5.36. The Morgan fingerprint density at radius 1 is 1.15 bits per heavy atom. The summed E-state index contributed by atoms with van der Waals surface area (Å²) in [5, 5.41) is 31.5. The van der Waals surface area contributed by atoms with Crippen LogP contribution in [0.15, 0.2) is 12.3 Å². The third-order valence-electron chi connectivity index (χ3n) is 1.76. The van der Waals surface area contributed by atoms with Gasteiger partial charge < -0.3 is 24.9 Å². The summed E-state index contributed by atoms with van der Waals surface area (Å²) in [5.74, 6) is -2.37. The summed E-state index contributed by atoms with van der Waals surface area (Å²) in [6.07, 6.45) is -2.46. The van der Waals surface area contributed by atoms with Crippen molar-refractivity contribution in [1.29, 1.82) is 0 Å². The summed E-state index contributed by atoms with van der Waals surface area (Å²) in [7, 11) is -0.928. The van der Waals surface area contributed by atoms with E-state index in [0.29, 0.717) is 0 Å². The maximum absolute atomic E-state index is 9.45. The molecule has 3 unspecified atom stereocenters. The lowest BCUT2D eigenvalue weighted by molar-refractivity contribution is -0.146. The van der Waals surface area contributed by atoms with Crippen LogP contribution in [-0.2, 0) is 14.0 Å². The number of hydrogen-bond donors (Lipinski definition) is 4. The van der Waals surface area contributed by atoms with Gasteiger partial charge in [-0.2, -0.15) is 0 Å². The lowest BCUT2D eigenvalue weighted by Gasteiger charge is -2.05. The van der Waals surface area contributed by atoms with E-state index in [0.717, 1.165) is 12.7 Å². The highest BCUT2D eigenvalue weighted by molar-refractivity contribution is 6.57. The van der Waals surface area contributed by atoms with Gasteiger partial charge in [-0.3, -0.25) is 0 Å². The summed E-state index contributed by atoms with van der Waals surface area (Å²) in [5.41, 5.74) is 1.98.